The van der Waals surface area contributed by atoms with Gasteiger partial charge in [0.25, 0.3) is 0 Å². The third-order valence-electron chi connectivity index (χ3n) is 1.76. The second-order valence-electron chi connectivity index (χ2n) is 4.34. The molecule has 0 unspecified atom stereocenters. The molecule has 0 atom stereocenters. The minimum Gasteiger partial charge on any atom is -0.364 e. The Labute approximate surface area is 82.8 Å². The summed E-state index contributed by atoms with van der Waals surface area (Å²) in [5.74, 6) is 0.810. The number of aromatic nitrogens is 3. The lowest BCUT2D eigenvalue weighted by molar-refractivity contribution is 0.630. The zero-order chi connectivity index (χ0) is 10.2. The van der Waals surface area contributed by atoms with Gasteiger partial charge in [-0.25, -0.2) is 9.97 Å². The molecule has 0 spiro atoms. The summed E-state index contributed by atoms with van der Waals surface area (Å²) < 4.78 is 0. The summed E-state index contributed by atoms with van der Waals surface area (Å²) in [4.78, 5) is 11.7. The van der Waals surface area contributed by atoms with Crippen molar-refractivity contribution in [1.29, 1.82) is 0 Å². The molecule has 0 aromatic carbocycles. The molecule has 0 aliphatic heterocycles. The van der Waals surface area contributed by atoms with Crippen molar-refractivity contribution in [3.8, 4) is 0 Å². The first-order chi connectivity index (χ1) is 6.54. The van der Waals surface area contributed by atoms with E-state index < -0.39 is 0 Å². The van der Waals surface area contributed by atoms with E-state index in [-0.39, 0.29) is 5.54 Å². The van der Waals surface area contributed by atoms with Crippen LogP contribution < -0.4 is 5.32 Å². The molecule has 2 N–H and O–H groups in total. The van der Waals surface area contributed by atoms with Crippen molar-refractivity contribution < 1.29 is 0 Å². The maximum atomic E-state index is 4.42. The van der Waals surface area contributed by atoms with Crippen LogP contribution in [0.25, 0.3) is 11.2 Å². The molecule has 14 heavy (non-hydrogen) atoms. The van der Waals surface area contributed by atoms with Gasteiger partial charge < -0.3 is 10.3 Å². The van der Waals surface area contributed by atoms with Gasteiger partial charge in [-0.2, -0.15) is 0 Å². The largest absolute Gasteiger partial charge is 0.364 e. The van der Waals surface area contributed by atoms with Crippen LogP contribution in [0, 0.1) is 0 Å². The number of nitrogens with one attached hydrogen (secondary N) is 2. The highest BCUT2D eigenvalue weighted by molar-refractivity contribution is 5.71. The normalized spacial score (nSPS) is 11.9. The topological polar surface area (TPSA) is 53.6 Å². The molecule has 0 aliphatic carbocycles. The Bertz CT molecular complexity index is 439. The predicted octanol–water partition coefficient (Wildman–Crippen LogP) is 2.17. The van der Waals surface area contributed by atoms with Crippen molar-refractivity contribution >= 4 is 17.0 Å². The first kappa shape index (κ1) is 8.99. The van der Waals surface area contributed by atoms with Crippen LogP contribution in [-0.4, -0.2) is 20.5 Å². The fourth-order valence-electron chi connectivity index (χ4n) is 1.27. The SMILES string of the molecule is CC(C)(C)Nc1cnc2[nH]ccc2n1. The summed E-state index contributed by atoms with van der Waals surface area (Å²) in [6.45, 7) is 6.28. The van der Waals surface area contributed by atoms with Crippen LogP contribution >= 0.6 is 0 Å². The molecule has 0 radical (unpaired) electrons. The molecule has 4 nitrogen and oxygen atoms in total. The van der Waals surface area contributed by atoms with E-state index in [9.17, 15) is 0 Å². The maximum absolute atomic E-state index is 4.42. The molecule has 4 heteroatoms. The van der Waals surface area contributed by atoms with Crippen molar-refractivity contribution in [3.05, 3.63) is 18.5 Å². The van der Waals surface area contributed by atoms with Crippen LogP contribution in [0.4, 0.5) is 5.82 Å². The molecular weight excluding hydrogens is 176 g/mol. The average Bonchev–Trinajstić information content (AvgIpc) is 2.47. The van der Waals surface area contributed by atoms with Gasteiger partial charge >= 0.3 is 0 Å². The number of hydrogen-bond acceptors (Lipinski definition) is 3. The van der Waals surface area contributed by atoms with Gasteiger partial charge in [-0.05, 0) is 26.8 Å². The Hall–Kier alpha value is -1.58. The smallest absolute Gasteiger partial charge is 0.156 e. The Morgan fingerprint density at radius 1 is 1.36 bits per heavy atom. The van der Waals surface area contributed by atoms with Crippen LogP contribution in [0.1, 0.15) is 20.8 Å². The molecule has 0 amide bonds. The molecule has 2 rings (SSSR count). The van der Waals surface area contributed by atoms with E-state index >= 15 is 0 Å². The number of rotatable bonds is 1. The first-order valence-electron chi connectivity index (χ1n) is 4.63. The molecule has 0 bridgehead atoms. The Morgan fingerprint density at radius 2 is 2.14 bits per heavy atom. The third-order valence-corrected chi connectivity index (χ3v) is 1.76. The Kier molecular flexibility index (Phi) is 1.91. The van der Waals surface area contributed by atoms with Crippen molar-refractivity contribution in [1.82, 2.24) is 15.0 Å². The lowest BCUT2D eigenvalue weighted by Gasteiger charge is -2.20. The minimum absolute atomic E-state index is 0.0126. The van der Waals surface area contributed by atoms with Gasteiger partial charge in [0.05, 0.1) is 6.20 Å². The van der Waals surface area contributed by atoms with Gasteiger partial charge in [0, 0.05) is 11.7 Å². The van der Waals surface area contributed by atoms with Gasteiger partial charge in [0.15, 0.2) is 5.65 Å². The van der Waals surface area contributed by atoms with Gasteiger partial charge in [-0.1, -0.05) is 0 Å². The number of H-pyrrole nitrogens is 1. The van der Waals surface area contributed by atoms with Gasteiger partial charge in [0.2, 0.25) is 0 Å². The highest BCUT2D eigenvalue weighted by Crippen LogP contribution is 2.14. The van der Waals surface area contributed by atoms with E-state index in [0.29, 0.717) is 0 Å². The molecule has 2 heterocycles. The van der Waals surface area contributed by atoms with Crippen molar-refractivity contribution in [2.45, 2.75) is 26.3 Å². The summed E-state index contributed by atoms with van der Waals surface area (Å²) in [7, 11) is 0. The zero-order valence-corrected chi connectivity index (χ0v) is 8.63. The van der Waals surface area contributed by atoms with E-state index in [4.69, 9.17) is 0 Å². The Morgan fingerprint density at radius 3 is 2.86 bits per heavy atom. The van der Waals surface area contributed by atoms with Crippen LogP contribution in [0.15, 0.2) is 18.5 Å². The second-order valence-corrected chi connectivity index (χ2v) is 4.34. The molecule has 0 saturated heterocycles. The van der Waals surface area contributed by atoms with E-state index in [1.165, 1.54) is 0 Å². The molecule has 2 aromatic heterocycles. The minimum atomic E-state index is 0.0126. The fraction of sp³-hybridized carbons (Fsp3) is 0.400. The average molecular weight is 190 g/mol. The number of fused-ring (bicyclic) bond motifs is 1. The molecule has 2 aromatic rings. The summed E-state index contributed by atoms with van der Waals surface area (Å²) in [6.07, 6.45) is 3.58. The highest BCUT2D eigenvalue weighted by Gasteiger charge is 2.10. The Balaban J connectivity index is 2.35. The number of aromatic amines is 1. The molecule has 0 fully saturated rings. The van der Waals surface area contributed by atoms with Crippen LogP contribution in [0.3, 0.4) is 0 Å². The van der Waals surface area contributed by atoms with Crippen molar-refractivity contribution in [2.24, 2.45) is 0 Å². The zero-order valence-electron chi connectivity index (χ0n) is 8.63. The lowest BCUT2D eigenvalue weighted by Crippen LogP contribution is -2.26. The van der Waals surface area contributed by atoms with Gasteiger partial charge in [0.1, 0.15) is 11.3 Å². The third kappa shape index (κ3) is 1.84. The second kappa shape index (κ2) is 2.97. The molecule has 74 valence electrons. The lowest BCUT2D eigenvalue weighted by atomic mass is 10.1. The number of hydrogen-bond donors (Lipinski definition) is 2. The summed E-state index contributed by atoms with van der Waals surface area (Å²) >= 11 is 0. The summed E-state index contributed by atoms with van der Waals surface area (Å²) in [6, 6.07) is 1.91. The van der Waals surface area contributed by atoms with Gasteiger partial charge in [-0.15, -0.1) is 0 Å². The van der Waals surface area contributed by atoms with Crippen molar-refractivity contribution in [3.63, 3.8) is 0 Å². The van der Waals surface area contributed by atoms with E-state index in [1.807, 2.05) is 12.3 Å². The molecule has 0 saturated carbocycles. The van der Waals surface area contributed by atoms with Crippen LogP contribution in [0.2, 0.25) is 0 Å². The molecular formula is C10H14N4. The van der Waals surface area contributed by atoms with E-state index in [2.05, 4.69) is 41.0 Å². The monoisotopic (exact) mass is 190 g/mol. The number of nitrogens with zero attached hydrogens (tertiary/aromatic N) is 2. The summed E-state index contributed by atoms with van der Waals surface area (Å²) in [5.41, 5.74) is 1.72. The number of anilines is 1. The van der Waals surface area contributed by atoms with Crippen LogP contribution in [-0.2, 0) is 0 Å². The van der Waals surface area contributed by atoms with E-state index in [1.54, 1.807) is 6.20 Å². The quantitative estimate of drug-likeness (QED) is 0.724. The van der Waals surface area contributed by atoms with Gasteiger partial charge in [-0.3, -0.25) is 0 Å². The highest BCUT2D eigenvalue weighted by atomic mass is 15.1. The predicted molar refractivity (Wildman–Crippen MR) is 57.3 cm³/mol. The van der Waals surface area contributed by atoms with Crippen molar-refractivity contribution in [2.75, 3.05) is 5.32 Å². The summed E-state index contributed by atoms with van der Waals surface area (Å²) in [5, 5.41) is 3.28. The van der Waals surface area contributed by atoms with Crippen LogP contribution in [0.5, 0.6) is 0 Å². The standard InChI is InChI=1S/C10H14N4/c1-10(2,3)14-8-6-12-9-7(13-8)4-5-11-9/h4-6H,1-3H3,(H,11,12)(H,13,14). The fourth-order valence-corrected chi connectivity index (χ4v) is 1.27. The van der Waals surface area contributed by atoms with E-state index in [0.717, 1.165) is 17.0 Å². The first-order valence-corrected chi connectivity index (χ1v) is 4.63. The maximum Gasteiger partial charge on any atom is 0.156 e. The molecule has 0 aliphatic rings.